The number of likely N-dealkylation sites (N-methyl/N-ethyl adjacent to an activating group) is 1. The van der Waals surface area contributed by atoms with Gasteiger partial charge >= 0.3 is 0 Å². The highest BCUT2D eigenvalue weighted by Gasteiger charge is 2.39. The predicted molar refractivity (Wildman–Crippen MR) is 121 cm³/mol. The second-order valence-corrected chi connectivity index (χ2v) is 8.69. The van der Waals surface area contributed by atoms with Crippen molar-refractivity contribution in [3.63, 3.8) is 0 Å². The van der Waals surface area contributed by atoms with Crippen molar-refractivity contribution in [1.29, 1.82) is 0 Å². The summed E-state index contributed by atoms with van der Waals surface area (Å²) in [6.45, 7) is 12.0. The summed E-state index contributed by atoms with van der Waals surface area (Å²) >= 11 is 1.69. The molecule has 164 valence electrons. The third kappa shape index (κ3) is 5.66. The van der Waals surface area contributed by atoms with E-state index >= 15 is 0 Å². The van der Waals surface area contributed by atoms with E-state index in [9.17, 15) is 4.39 Å². The molecule has 1 atom stereocenters. The summed E-state index contributed by atoms with van der Waals surface area (Å²) in [7, 11) is 0. The summed E-state index contributed by atoms with van der Waals surface area (Å²) in [6, 6.07) is 3.92. The molecule has 2 aromatic rings. The van der Waals surface area contributed by atoms with Crippen LogP contribution in [0.2, 0.25) is 0 Å². The molecule has 3 heterocycles. The van der Waals surface area contributed by atoms with Crippen LogP contribution >= 0.6 is 11.8 Å². The topological polar surface area (TPSA) is 78.0 Å². The number of anilines is 2. The molecule has 1 aliphatic heterocycles. The first-order chi connectivity index (χ1) is 14.6. The summed E-state index contributed by atoms with van der Waals surface area (Å²) in [5, 5.41) is 9.85. The van der Waals surface area contributed by atoms with Gasteiger partial charge in [-0.25, -0.2) is 19.3 Å². The van der Waals surface area contributed by atoms with Gasteiger partial charge in [-0.05, 0) is 31.1 Å². The van der Waals surface area contributed by atoms with Crippen molar-refractivity contribution < 1.29 is 4.39 Å². The predicted octanol–water partition coefficient (Wildman–Crippen LogP) is 3.08. The SMILES string of the molecule is CCN(CC)CCNCc1ccc(Nc2ncc(F)c(C3(CC)CNCS3)n2)nc1. The molecule has 0 radical (unpaired) electrons. The van der Waals surface area contributed by atoms with Crippen LogP contribution in [0, 0.1) is 5.82 Å². The number of nitrogens with one attached hydrogen (secondary N) is 3. The van der Waals surface area contributed by atoms with Crippen LogP contribution in [-0.2, 0) is 11.3 Å². The normalized spacial score (nSPS) is 18.8. The maximum Gasteiger partial charge on any atom is 0.228 e. The van der Waals surface area contributed by atoms with Gasteiger partial charge in [-0.1, -0.05) is 26.8 Å². The highest BCUT2D eigenvalue weighted by molar-refractivity contribution is 8.00. The van der Waals surface area contributed by atoms with Gasteiger partial charge in [-0.2, -0.15) is 0 Å². The lowest BCUT2D eigenvalue weighted by Crippen LogP contribution is -2.31. The lowest BCUT2D eigenvalue weighted by atomic mass is 10.0. The fraction of sp³-hybridized carbons (Fsp3) is 0.571. The van der Waals surface area contributed by atoms with E-state index < -0.39 is 0 Å². The van der Waals surface area contributed by atoms with Gasteiger partial charge in [-0.15, -0.1) is 11.8 Å². The van der Waals surface area contributed by atoms with Gasteiger partial charge in [0.15, 0.2) is 5.82 Å². The van der Waals surface area contributed by atoms with Gasteiger partial charge < -0.3 is 20.9 Å². The van der Waals surface area contributed by atoms with Gasteiger partial charge in [0.2, 0.25) is 5.95 Å². The van der Waals surface area contributed by atoms with Crippen molar-refractivity contribution in [2.75, 3.05) is 43.9 Å². The van der Waals surface area contributed by atoms with Crippen LogP contribution < -0.4 is 16.0 Å². The molecule has 30 heavy (non-hydrogen) atoms. The Bertz CT molecular complexity index is 792. The molecule has 9 heteroatoms. The first kappa shape index (κ1) is 22.9. The minimum atomic E-state index is -0.363. The summed E-state index contributed by atoms with van der Waals surface area (Å²) in [6.07, 6.45) is 3.88. The Hall–Kier alpha value is -1.81. The third-order valence-electron chi connectivity index (χ3n) is 5.50. The van der Waals surface area contributed by atoms with Gasteiger partial charge in [0.05, 0.1) is 16.6 Å². The van der Waals surface area contributed by atoms with Crippen LogP contribution in [0.15, 0.2) is 24.5 Å². The molecule has 0 saturated carbocycles. The van der Waals surface area contributed by atoms with Crippen LogP contribution in [0.4, 0.5) is 16.2 Å². The van der Waals surface area contributed by atoms with Gasteiger partial charge in [0.1, 0.15) is 5.82 Å². The van der Waals surface area contributed by atoms with Crippen molar-refractivity contribution in [1.82, 2.24) is 30.5 Å². The second kappa shape index (κ2) is 11.0. The van der Waals surface area contributed by atoms with E-state index in [1.165, 1.54) is 6.20 Å². The van der Waals surface area contributed by atoms with Gasteiger partial charge in [-0.3, -0.25) is 0 Å². The molecule has 0 bridgehead atoms. The van der Waals surface area contributed by atoms with E-state index in [4.69, 9.17) is 0 Å². The van der Waals surface area contributed by atoms with Crippen molar-refractivity contribution in [2.45, 2.75) is 38.5 Å². The van der Waals surface area contributed by atoms with E-state index in [1.807, 2.05) is 18.3 Å². The largest absolute Gasteiger partial charge is 0.311 e. The Morgan fingerprint density at radius 2 is 2.03 bits per heavy atom. The molecular weight excluding hydrogens is 401 g/mol. The molecule has 7 nitrogen and oxygen atoms in total. The van der Waals surface area contributed by atoms with Crippen molar-refractivity contribution >= 4 is 23.5 Å². The lowest BCUT2D eigenvalue weighted by molar-refractivity contribution is 0.302. The average Bonchev–Trinajstić information content (AvgIpc) is 3.26. The third-order valence-corrected chi connectivity index (χ3v) is 7.03. The quantitative estimate of drug-likeness (QED) is 0.467. The van der Waals surface area contributed by atoms with Crippen LogP contribution in [0.5, 0.6) is 0 Å². The zero-order valence-electron chi connectivity index (χ0n) is 18.0. The van der Waals surface area contributed by atoms with E-state index in [0.717, 1.165) is 50.6 Å². The van der Waals surface area contributed by atoms with Crippen molar-refractivity contribution in [2.24, 2.45) is 0 Å². The maximum atomic E-state index is 14.5. The first-order valence-electron chi connectivity index (χ1n) is 10.6. The first-order valence-corrected chi connectivity index (χ1v) is 11.6. The van der Waals surface area contributed by atoms with E-state index in [1.54, 1.807) is 11.8 Å². The minimum Gasteiger partial charge on any atom is -0.311 e. The number of thioether (sulfide) groups is 1. The number of rotatable bonds is 11. The molecule has 3 N–H and O–H groups in total. The van der Waals surface area contributed by atoms with E-state index in [-0.39, 0.29) is 10.6 Å². The van der Waals surface area contributed by atoms with E-state index in [0.29, 0.717) is 24.0 Å². The standard InChI is InChI=1S/C21H32FN7S/c1-4-21(14-24-15-30-21)19-17(22)13-26-20(28-19)27-18-8-7-16(12-25-18)11-23-9-10-29(5-2)6-3/h7-8,12-13,23-24H,4-6,9-11,14-15H2,1-3H3,(H,25,26,27,28). The number of halogens is 1. The Morgan fingerprint density at radius 1 is 1.20 bits per heavy atom. The monoisotopic (exact) mass is 433 g/mol. The van der Waals surface area contributed by atoms with Crippen LogP contribution in [0.25, 0.3) is 0 Å². The molecule has 1 aliphatic rings. The summed E-state index contributed by atoms with van der Waals surface area (Å²) < 4.78 is 14.1. The zero-order valence-corrected chi connectivity index (χ0v) is 18.9. The Labute approximate surface area is 182 Å². The van der Waals surface area contributed by atoms with Crippen LogP contribution in [0.1, 0.15) is 38.4 Å². The lowest BCUT2D eigenvalue weighted by Gasteiger charge is -2.25. The maximum absolute atomic E-state index is 14.5. The number of nitrogens with zero attached hydrogens (tertiary/aromatic N) is 4. The number of aromatic nitrogens is 3. The molecule has 0 aliphatic carbocycles. The molecule has 2 aromatic heterocycles. The molecule has 1 unspecified atom stereocenters. The molecular formula is C21H32FN7S. The minimum absolute atomic E-state index is 0.350. The molecule has 1 saturated heterocycles. The number of hydrogen-bond donors (Lipinski definition) is 3. The fourth-order valence-corrected chi connectivity index (χ4v) is 4.68. The van der Waals surface area contributed by atoms with Crippen molar-refractivity contribution in [3.05, 3.63) is 41.6 Å². The summed E-state index contributed by atoms with van der Waals surface area (Å²) in [5.74, 6) is 1.44. The highest BCUT2D eigenvalue weighted by Crippen LogP contribution is 2.42. The Morgan fingerprint density at radius 3 is 2.67 bits per heavy atom. The van der Waals surface area contributed by atoms with E-state index in [2.05, 4.69) is 56.6 Å². The molecule has 3 rings (SSSR count). The molecule has 0 aromatic carbocycles. The zero-order chi connectivity index (χ0) is 21.4. The van der Waals surface area contributed by atoms with Gasteiger partial charge in [0, 0.05) is 38.3 Å². The summed E-state index contributed by atoms with van der Waals surface area (Å²) in [4.78, 5) is 15.4. The van der Waals surface area contributed by atoms with Crippen LogP contribution in [0.3, 0.4) is 0 Å². The van der Waals surface area contributed by atoms with Gasteiger partial charge in [0.25, 0.3) is 0 Å². The summed E-state index contributed by atoms with van der Waals surface area (Å²) in [5.41, 5.74) is 1.56. The molecule has 0 spiro atoms. The fourth-order valence-electron chi connectivity index (χ4n) is 3.51. The van der Waals surface area contributed by atoms with Crippen molar-refractivity contribution in [3.8, 4) is 0 Å². The Kier molecular flexibility index (Phi) is 8.38. The second-order valence-electron chi connectivity index (χ2n) is 7.33. The molecule has 1 fully saturated rings. The average molecular weight is 434 g/mol. The highest BCUT2D eigenvalue weighted by atomic mass is 32.2. The smallest absolute Gasteiger partial charge is 0.228 e. The number of hydrogen-bond acceptors (Lipinski definition) is 8. The Balaban J connectivity index is 1.58. The molecule has 0 amide bonds. The van der Waals surface area contributed by atoms with Crippen LogP contribution in [-0.4, -0.2) is 58.5 Å². The number of pyridine rings is 1.